The molecule has 1 unspecified atom stereocenters. The van der Waals surface area contributed by atoms with Crippen LogP contribution < -0.4 is 15.0 Å². The zero-order chi connectivity index (χ0) is 17.6. The van der Waals surface area contributed by atoms with E-state index in [-0.39, 0.29) is 0 Å². The Morgan fingerprint density at radius 2 is 2.08 bits per heavy atom. The van der Waals surface area contributed by atoms with Crippen molar-refractivity contribution in [3.05, 3.63) is 41.6 Å². The number of hydrogen-bond acceptors (Lipinski definition) is 5. The van der Waals surface area contributed by atoms with Crippen molar-refractivity contribution in [1.82, 2.24) is 9.97 Å². The van der Waals surface area contributed by atoms with Crippen LogP contribution in [0.2, 0.25) is 0 Å². The van der Waals surface area contributed by atoms with Gasteiger partial charge in [-0.2, -0.15) is 4.98 Å². The number of piperidine rings is 1. The maximum Gasteiger partial charge on any atom is 0.227 e. The second-order valence-electron chi connectivity index (χ2n) is 6.61. The van der Waals surface area contributed by atoms with Crippen molar-refractivity contribution in [3.63, 3.8) is 0 Å². The lowest BCUT2D eigenvalue weighted by Crippen LogP contribution is -2.40. The first-order valence-corrected chi connectivity index (χ1v) is 9.19. The molecule has 0 bridgehead atoms. The number of para-hydroxylation sites is 1. The van der Waals surface area contributed by atoms with Crippen molar-refractivity contribution in [2.24, 2.45) is 0 Å². The third kappa shape index (κ3) is 4.21. The van der Waals surface area contributed by atoms with Crippen LogP contribution in [0.15, 0.2) is 30.3 Å². The number of ether oxygens (including phenoxy) is 1. The summed E-state index contributed by atoms with van der Waals surface area (Å²) >= 11 is 0. The molecule has 1 aromatic heterocycles. The first-order valence-electron chi connectivity index (χ1n) is 9.19. The van der Waals surface area contributed by atoms with E-state index in [1.807, 2.05) is 31.2 Å². The van der Waals surface area contributed by atoms with Gasteiger partial charge in [-0.25, -0.2) is 4.98 Å². The van der Waals surface area contributed by atoms with Gasteiger partial charge in [0.25, 0.3) is 0 Å². The van der Waals surface area contributed by atoms with Crippen LogP contribution in [0.3, 0.4) is 0 Å². The van der Waals surface area contributed by atoms with Crippen molar-refractivity contribution < 1.29 is 4.74 Å². The average Bonchev–Trinajstić information content (AvgIpc) is 2.66. The van der Waals surface area contributed by atoms with Gasteiger partial charge in [0.05, 0.1) is 7.11 Å². The third-order valence-electron chi connectivity index (χ3n) is 4.85. The predicted molar refractivity (Wildman–Crippen MR) is 102 cm³/mol. The zero-order valence-electron chi connectivity index (χ0n) is 15.5. The largest absolute Gasteiger partial charge is 0.496 e. The van der Waals surface area contributed by atoms with Crippen molar-refractivity contribution in [2.75, 3.05) is 23.9 Å². The molecule has 1 aromatic carbocycles. The highest BCUT2D eigenvalue weighted by Gasteiger charge is 2.23. The van der Waals surface area contributed by atoms with Gasteiger partial charge in [-0.15, -0.1) is 0 Å². The second kappa shape index (κ2) is 8.19. The fraction of sp³-hybridized carbons (Fsp3) is 0.500. The summed E-state index contributed by atoms with van der Waals surface area (Å²) < 4.78 is 5.42. The maximum atomic E-state index is 5.42. The summed E-state index contributed by atoms with van der Waals surface area (Å²) in [5.41, 5.74) is 2.11. The number of nitrogens with zero attached hydrogens (tertiary/aromatic N) is 3. The minimum atomic E-state index is 0.553. The Balaban J connectivity index is 1.77. The van der Waals surface area contributed by atoms with E-state index in [0.717, 1.165) is 41.7 Å². The number of aryl methyl sites for hydroxylation is 1. The molecule has 5 nitrogen and oxygen atoms in total. The lowest BCUT2D eigenvalue weighted by molar-refractivity contribution is 0.410. The molecule has 2 heterocycles. The molecule has 1 fully saturated rings. The molecule has 1 saturated heterocycles. The SMILES string of the molecule is CCC1CCCCN1c1nc(C)cc(NCc2ccccc2OC)n1. The van der Waals surface area contributed by atoms with Crippen LogP contribution in [0.1, 0.15) is 43.9 Å². The number of anilines is 2. The molecule has 2 aromatic rings. The molecule has 1 atom stereocenters. The quantitative estimate of drug-likeness (QED) is 0.855. The van der Waals surface area contributed by atoms with E-state index < -0.39 is 0 Å². The lowest BCUT2D eigenvalue weighted by Gasteiger charge is -2.35. The molecule has 5 heteroatoms. The van der Waals surface area contributed by atoms with Crippen molar-refractivity contribution >= 4 is 11.8 Å². The Morgan fingerprint density at radius 3 is 2.88 bits per heavy atom. The van der Waals surface area contributed by atoms with Crippen LogP contribution >= 0.6 is 0 Å². The number of methoxy groups -OCH3 is 1. The van der Waals surface area contributed by atoms with Crippen LogP contribution in [0, 0.1) is 6.92 Å². The normalized spacial score (nSPS) is 17.4. The van der Waals surface area contributed by atoms with E-state index in [1.54, 1.807) is 7.11 Å². The highest BCUT2D eigenvalue weighted by molar-refractivity contribution is 5.46. The van der Waals surface area contributed by atoms with Gasteiger partial charge < -0.3 is 15.0 Å². The molecule has 1 aliphatic heterocycles. The molecule has 25 heavy (non-hydrogen) atoms. The summed E-state index contributed by atoms with van der Waals surface area (Å²) in [7, 11) is 1.70. The fourth-order valence-corrected chi connectivity index (χ4v) is 3.50. The smallest absolute Gasteiger partial charge is 0.227 e. The summed E-state index contributed by atoms with van der Waals surface area (Å²) in [4.78, 5) is 11.9. The van der Waals surface area contributed by atoms with Crippen LogP contribution in [0.25, 0.3) is 0 Å². The van der Waals surface area contributed by atoms with Gasteiger partial charge >= 0.3 is 0 Å². The van der Waals surface area contributed by atoms with Gasteiger partial charge in [-0.1, -0.05) is 25.1 Å². The Hall–Kier alpha value is -2.30. The molecule has 0 saturated carbocycles. The van der Waals surface area contributed by atoms with E-state index in [4.69, 9.17) is 14.7 Å². The molecule has 1 N–H and O–H groups in total. The van der Waals surface area contributed by atoms with Crippen LogP contribution in [0.4, 0.5) is 11.8 Å². The summed E-state index contributed by atoms with van der Waals surface area (Å²) in [6, 6.07) is 10.6. The summed E-state index contributed by atoms with van der Waals surface area (Å²) in [6.45, 7) is 6.01. The van der Waals surface area contributed by atoms with Gasteiger partial charge in [-0.05, 0) is 38.7 Å². The number of benzene rings is 1. The lowest BCUT2D eigenvalue weighted by atomic mass is 10.0. The Labute approximate surface area is 150 Å². The van der Waals surface area contributed by atoms with Crippen molar-refractivity contribution in [2.45, 2.75) is 52.1 Å². The van der Waals surface area contributed by atoms with Gasteiger partial charge in [0.15, 0.2) is 0 Å². The summed E-state index contributed by atoms with van der Waals surface area (Å²) in [5.74, 6) is 2.62. The van der Waals surface area contributed by atoms with E-state index in [1.165, 1.54) is 19.3 Å². The molecule has 0 radical (unpaired) electrons. The van der Waals surface area contributed by atoms with Crippen LogP contribution in [0.5, 0.6) is 5.75 Å². The van der Waals surface area contributed by atoms with Crippen molar-refractivity contribution in [3.8, 4) is 5.75 Å². The summed E-state index contributed by atoms with van der Waals surface area (Å²) in [6.07, 6.45) is 4.90. The minimum absolute atomic E-state index is 0.553. The van der Waals surface area contributed by atoms with Gasteiger partial charge in [0.2, 0.25) is 5.95 Å². The van der Waals surface area contributed by atoms with E-state index in [9.17, 15) is 0 Å². The zero-order valence-corrected chi connectivity index (χ0v) is 15.5. The standard InChI is InChI=1S/C20H28N4O/c1-4-17-10-7-8-12-24(17)20-22-15(2)13-19(23-20)21-14-16-9-5-6-11-18(16)25-3/h5-6,9,11,13,17H,4,7-8,10,12,14H2,1-3H3,(H,21,22,23). The van der Waals surface area contributed by atoms with Gasteiger partial charge in [-0.3, -0.25) is 0 Å². The van der Waals surface area contributed by atoms with Crippen molar-refractivity contribution in [1.29, 1.82) is 0 Å². The molecule has 1 aliphatic rings. The molecular formula is C20H28N4O. The predicted octanol–water partition coefficient (Wildman–Crippen LogP) is 4.17. The molecule has 3 rings (SSSR count). The Morgan fingerprint density at radius 1 is 1.24 bits per heavy atom. The first-order chi connectivity index (χ1) is 12.2. The Bertz CT molecular complexity index is 704. The number of rotatable bonds is 6. The molecule has 0 amide bonds. The van der Waals surface area contributed by atoms with E-state index >= 15 is 0 Å². The topological polar surface area (TPSA) is 50.3 Å². The molecule has 0 spiro atoms. The van der Waals surface area contributed by atoms with Gasteiger partial charge in [0, 0.05) is 36.5 Å². The Kier molecular flexibility index (Phi) is 5.74. The highest BCUT2D eigenvalue weighted by Crippen LogP contribution is 2.25. The molecule has 134 valence electrons. The number of aromatic nitrogens is 2. The molecule has 0 aliphatic carbocycles. The number of nitrogens with one attached hydrogen (secondary N) is 1. The average molecular weight is 340 g/mol. The van der Waals surface area contributed by atoms with E-state index in [2.05, 4.69) is 23.2 Å². The third-order valence-corrected chi connectivity index (χ3v) is 4.85. The fourth-order valence-electron chi connectivity index (χ4n) is 3.50. The van der Waals surface area contributed by atoms with E-state index in [0.29, 0.717) is 12.6 Å². The molecular weight excluding hydrogens is 312 g/mol. The van der Waals surface area contributed by atoms with Crippen LogP contribution in [-0.4, -0.2) is 29.7 Å². The highest BCUT2D eigenvalue weighted by atomic mass is 16.5. The second-order valence-corrected chi connectivity index (χ2v) is 6.61. The number of hydrogen-bond donors (Lipinski definition) is 1. The van der Waals surface area contributed by atoms with Crippen LogP contribution in [-0.2, 0) is 6.54 Å². The maximum absolute atomic E-state index is 5.42. The van der Waals surface area contributed by atoms with Gasteiger partial charge in [0.1, 0.15) is 11.6 Å². The first kappa shape index (κ1) is 17.5. The summed E-state index contributed by atoms with van der Waals surface area (Å²) in [5, 5.41) is 3.43. The minimum Gasteiger partial charge on any atom is -0.496 e. The monoisotopic (exact) mass is 340 g/mol.